The minimum Gasteiger partial charge on any atom is -0.396 e. The van der Waals surface area contributed by atoms with Crippen LogP contribution in [0.2, 0.25) is 0 Å². The monoisotopic (exact) mass is 236 g/mol. The first kappa shape index (κ1) is 12.1. The van der Waals surface area contributed by atoms with Crippen molar-refractivity contribution in [2.45, 2.75) is 39.2 Å². The molecule has 2 unspecified atom stereocenters. The summed E-state index contributed by atoms with van der Waals surface area (Å²) in [5.41, 5.74) is 6.71. The number of hydrogen-bond donors (Lipinski definition) is 3. The summed E-state index contributed by atoms with van der Waals surface area (Å²) in [7, 11) is 0. The fourth-order valence-electron chi connectivity index (χ4n) is 2.41. The van der Waals surface area contributed by atoms with Crippen molar-refractivity contribution in [3.05, 3.63) is 11.4 Å². The van der Waals surface area contributed by atoms with Gasteiger partial charge < -0.3 is 16.2 Å². The van der Waals surface area contributed by atoms with Crippen molar-refractivity contribution in [3.8, 4) is 0 Å². The van der Waals surface area contributed by atoms with E-state index in [9.17, 15) is 5.11 Å². The largest absolute Gasteiger partial charge is 0.396 e. The molecule has 1 heterocycles. The molecule has 0 saturated heterocycles. The molecule has 2 atom stereocenters. The number of hydrogen-bond acceptors (Lipinski definition) is 5. The van der Waals surface area contributed by atoms with Gasteiger partial charge in [0.15, 0.2) is 0 Å². The lowest BCUT2D eigenvalue weighted by Gasteiger charge is -2.21. The normalized spacial score (nSPS) is 23.9. The summed E-state index contributed by atoms with van der Waals surface area (Å²) in [6.45, 7) is 3.98. The zero-order valence-corrected chi connectivity index (χ0v) is 10.4. The second-order valence-electron chi connectivity index (χ2n) is 4.75. The highest BCUT2D eigenvalue weighted by molar-refractivity contribution is 5.55. The molecule has 2 rings (SSSR count). The summed E-state index contributed by atoms with van der Waals surface area (Å²) >= 11 is 0. The maximum atomic E-state index is 9.30. The van der Waals surface area contributed by atoms with Gasteiger partial charge in [0.1, 0.15) is 17.5 Å². The Labute approximate surface area is 101 Å². The molecule has 0 aliphatic heterocycles. The van der Waals surface area contributed by atoms with Crippen LogP contribution in [-0.4, -0.2) is 27.7 Å². The van der Waals surface area contributed by atoms with Crippen LogP contribution in [0.25, 0.3) is 0 Å². The molecule has 94 valence electrons. The van der Waals surface area contributed by atoms with E-state index >= 15 is 0 Å². The van der Waals surface area contributed by atoms with Gasteiger partial charge in [0.2, 0.25) is 0 Å². The first-order chi connectivity index (χ1) is 8.11. The predicted molar refractivity (Wildman–Crippen MR) is 67.8 cm³/mol. The Hall–Kier alpha value is -1.36. The fourth-order valence-corrected chi connectivity index (χ4v) is 2.41. The van der Waals surface area contributed by atoms with E-state index < -0.39 is 0 Å². The summed E-state index contributed by atoms with van der Waals surface area (Å²) in [5.74, 6) is 2.33. The number of nitrogen functional groups attached to an aromatic ring is 1. The predicted octanol–water partition coefficient (Wildman–Crippen LogP) is 1.25. The first-order valence-electron chi connectivity index (χ1n) is 6.10. The molecule has 0 radical (unpaired) electrons. The van der Waals surface area contributed by atoms with Crippen molar-refractivity contribution in [3.63, 3.8) is 0 Å². The molecule has 5 heteroatoms. The van der Waals surface area contributed by atoms with Crippen molar-refractivity contribution >= 4 is 11.6 Å². The highest BCUT2D eigenvalue weighted by Crippen LogP contribution is 2.29. The third kappa shape index (κ3) is 2.49. The van der Waals surface area contributed by atoms with Crippen LogP contribution in [-0.2, 0) is 0 Å². The van der Waals surface area contributed by atoms with Crippen molar-refractivity contribution in [1.82, 2.24) is 9.97 Å². The number of anilines is 2. The van der Waals surface area contributed by atoms with Crippen LogP contribution in [0.15, 0.2) is 0 Å². The number of nitrogens with one attached hydrogen (secondary N) is 1. The first-order valence-corrected chi connectivity index (χ1v) is 6.10. The number of aryl methyl sites for hydroxylation is 1. The lowest BCUT2D eigenvalue weighted by atomic mass is 10.1. The van der Waals surface area contributed by atoms with Crippen LogP contribution in [0, 0.1) is 19.8 Å². The van der Waals surface area contributed by atoms with Gasteiger partial charge in [-0.05, 0) is 26.7 Å². The van der Waals surface area contributed by atoms with Crippen molar-refractivity contribution in [2.24, 2.45) is 5.92 Å². The molecule has 17 heavy (non-hydrogen) atoms. The van der Waals surface area contributed by atoms with E-state index in [1.165, 1.54) is 0 Å². The minimum absolute atomic E-state index is 0.232. The summed E-state index contributed by atoms with van der Waals surface area (Å²) in [5, 5.41) is 12.7. The Kier molecular flexibility index (Phi) is 3.47. The van der Waals surface area contributed by atoms with E-state index in [4.69, 9.17) is 5.73 Å². The topological polar surface area (TPSA) is 84.1 Å². The third-order valence-electron chi connectivity index (χ3n) is 3.51. The fraction of sp³-hybridized carbons (Fsp3) is 0.667. The van der Waals surface area contributed by atoms with Gasteiger partial charge >= 0.3 is 0 Å². The Balaban J connectivity index is 2.18. The highest BCUT2D eigenvalue weighted by Gasteiger charge is 2.27. The van der Waals surface area contributed by atoms with Crippen LogP contribution in [0.4, 0.5) is 11.6 Å². The molecule has 1 aromatic rings. The lowest BCUT2D eigenvalue weighted by molar-refractivity contribution is 0.222. The number of nitrogens with zero attached hydrogens (tertiary/aromatic N) is 2. The van der Waals surface area contributed by atoms with E-state index in [1.807, 2.05) is 13.8 Å². The molecule has 4 N–H and O–H groups in total. The Morgan fingerprint density at radius 2 is 2.12 bits per heavy atom. The van der Waals surface area contributed by atoms with Gasteiger partial charge in [-0.15, -0.1) is 0 Å². The maximum Gasteiger partial charge on any atom is 0.134 e. The molecule has 1 aromatic heterocycles. The standard InChI is InChI=1S/C12H20N4O/c1-7-11(13)14-8(2)15-12(7)16-10-5-3-4-9(10)6-17/h9-10,17H,3-6H2,1-2H3,(H3,13,14,15,16). The molecule has 0 aromatic carbocycles. The lowest BCUT2D eigenvalue weighted by Crippen LogP contribution is -2.27. The van der Waals surface area contributed by atoms with E-state index in [1.54, 1.807) is 0 Å². The van der Waals surface area contributed by atoms with E-state index in [2.05, 4.69) is 15.3 Å². The van der Waals surface area contributed by atoms with Crippen LogP contribution in [0.1, 0.15) is 30.7 Å². The number of aliphatic hydroxyl groups excluding tert-OH is 1. The summed E-state index contributed by atoms with van der Waals surface area (Å²) in [4.78, 5) is 8.51. The van der Waals surface area contributed by atoms with Gasteiger partial charge in [-0.2, -0.15) is 0 Å². The molecule has 1 saturated carbocycles. The third-order valence-corrected chi connectivity index (χ3v) is 3.51. The summed E-state index contributed by atoms with van der Waals surface area (Å²) < 4.78 is 0. The Bertz CT molecular complexity index is 408. The molecule has 1 aliphatic carbocycles. The molecule has 0 spiro atoms. The van der Waals surface area contributed by atoms with Crippen LogP contribution >= 0.6 is 0 Å². The van der Waals surface area contributed by atoms with Crippen molar-refractivity contribution in [2.75, 3.05) is 17.7 Å². The minimum atomic E-state index is 0.232. The number of aromatic nitrogens is 2. The van der Waals surface area contributed by atoms with Gasteiger partial charge in [0.25, 0.3) is 0 Å². The quantitative estimate of drug-likeness (QED) is 0.735. The SMILES string of the molecule is Cc1nc(N)c(C)c(NC2CCCC2CO)n1. The zero-order valence-electron chi connectivity index (χ0n) is 10.4. The van der Waals surface area contributed by atoms with Gasteiger partial charge in [-0.3, -0.25) is 0 Å². The Morgan fingerprint density at radius 1 is 1.35 bits per heavy atom. The number of rotatable bonds is 3. The van der Waals surface area contributed by atoms with Crippen LogP contribution < -0.4 is 11.1 Å². The number of nitrogens with two attached hydrogens (primary N) is 1. The molecule has 0 bridgehead atoms. The molecule has 1 fully saturated rings. The average Bonchev–Trinajstić information content (AvgIpc) is 2.72. The van der Waals surface area contributed by atoms with E-state index in [0.717, 1.165) is 30.6 Å². The molecule has 0 amide bonds. The van der Waals surface area contributed by atoms with Gasteiger partial charge in [-0.25, -0.2) is 9.97 Å². The molecular formula is C12H20N4O. The zero-order chi connectivity index (χ0) is 12.4. The van der Waals surface area contributed by atoms with Crippen LogP contribution in [0.3, 0.4) is 0 Å². The highest BCUT2D eigenvalue weighted by atomic mass is 16.3. The second kappa shape index (κ2) is 4.87. The van der Waals surface area contributed by atoms with E-state index in [0.29, 0.717) is 23.6 Å². The molecule has 5 nitrogen and oxygen atoms in total. The van der Waals surface area contributed by atoms with Gasteiger partial charge in [-0.1, -0.05) is 6.42 Å². The smallest absolute Gasteiger partial charge is 0.134 e. The number of aliphatic hydroxyl groups is 1. The Morgan fingerprint density at radius 3 is 2.82 bits per heavy atom. The summed E-state index contributed by atoms with van der Waals surface area (Å²) in [6, 6.07) is 0.299. The second-order valence-corrected chi connectivity index (χ2v) is 4.75. The average molecular weight is 236 g/mol. The van der Waals surface area contributed by atoms with Crippen molar-refractivity contribution < 1.29 is 5.11 Å². The van der Waals surface area contributed by atoms with Crippen molar-refractivity contribution in [1.29, 1.82) is 0 Å². The molecule has 1 aliphatic rings. The van der Waals surface area contributed by atoms with Crippen LogP contribution in [0.5, 0.6) is 0 Å². The van der Waals surface area contributed by atoms with Gasteiger partial charge in [0.05, 0.1) is 0 Å². The molecular weight excluding hydrogens is 216 g/mol. The van der Waals surface area contributed by atoms with Gasteiger partial charge in [0, 0.05) is 24.1 Å². The summed E-state index contributed by atoms with van der Waals surface area (Å²) in [6.07, 6.45) is 3.31. The van der Waals surface area contributed by atoms with E-state index in [-0.39, 0.29) is 6.61 Å². The maximum absolute atomic E-state index is 9.30.